The van der Waals surface area contributed by atoms with Gasteiger partial charge in [0, 0.05) is 6.61 Å². The zero-order valence-electron chi connectivity index (χ0n) is 15.6. The highest BCUT2D eigenvalue weighted by molar-refractivity contribution is 4.51. The fourth-order valence-electron chi connectivity index (χ4n) is 3.01. The minimum absolute atomic E-state index is 0.371. The molecule has 0 aliphatic carbocycles. The van der Waals surface area contributed by atoms with Crippen molar-refractivity contribution in [3.63, 3.8) is 0 Å². The number of rotatable bonds is 18. The van der Waals surface area contributed by atoms with Crippen molar-refractivity contribution in [3.05, 3.63) is 0 Å². The quantitative estimate of drug-likeness (QED) is 0.324. The Balaban J connectivity index is 2.94. The average Bonchev–Trinajstić information content (AvgIpc) is 2.50. The van der Waals surface area contributed by atoms with E-state index in [0.29, 0.717) is 6.61 Å². The third-order valence-corrected chi connectivity index (χ3v) is 4.51. The van der Waals surface area contributed by atoms with Crippen molar-refractivity contribution < 1.29 is 5.11 Å². The van der Waals surface area contributed by atoms with Gasteiger partial charge in [-0.3, -0.25) is 0 Å². The Morgan fingerprint density at radius 2 is 0.727 bits per heavy atom. The monoisotopic (exact) mass is 313 g/mol. The van der Waals surface area contributed by atoms with Crippen LogP contribution in [-0.4, -0.2) is 37.3 Å². The summed E-state index contributed by atoms with van der Waals surface area (Å²) in [6.45, 7) is 1.62. The zero-order valence-corrected chi connectivity index (χ0v) is 15.6. The molecule has 0 spiro atoms. The summed E-state index contributed by atoms with van der Waals surface area (Å²) in [6, 6.07) is 0. The molecule has 0 saturated heterocycles. The summed E-state index contributed by atoms with van der Waals surface area (Å²) >= 11 is 0. The third-order valence-electron chi connectivity index (χ3n) is 4.51. The van der Waals surface area contributed by atoms with Crippen LogP contribution in [0.3, 0.4) is 0 Å². The van der Waals surface area contributed by atoms with Crippen LogP contribution in [0.15, 0.2) is 0 Å². The van der Waals surface area contributed by atoms with E-state index < -0.39 is 0 Å². The predicted molar refractivity (Wildman–Crippen MR) is 99.5 cm³/mol. The molecule has 0 aromatic carbocycles. The van der Waals surface area contributed by atoms with Crippen LogP contribution < -0.4 is 0 Å². The van der Waals surface area contributed by atoms with Crippen molar-refractivity contribution in [2.45, 2.75) is 103 Å². The maximum atomic E-state index is 8.70. The topological polar surface area (TPSA) is 23.5 Å². The van der Waals surface area contributed by atoms with Crippen molar-refractivity contribution in [2.24, 2.45) is 0 Å². The van der Waals surface area contributed by atoms with Gasteiger partial charge in [-0.1, -0.05) is 89.9 Å². The first-order valence-corrected chi connectivity index (χ1v) is 10.0. The lowest BCUT2D eigenvalue weighted by Crippen LogP contribution is -2.12. The van der Waals surface area contributed by atoms with Gasteiger partial charge in [-0.25, -0.2) is 0 Å². The lowest BCUT2D eigenvalue weighted by Gasteiger charge is -2.08. The van der Waals surface area contributed by atoms with Gasteiger partial charge >= 0.3 is 0 Å². The van der Waals surface area contributed by atoms with Crippen molar-refractivity contribution in [2.75, 3.05) is 27.2 Å². The van der Waals surface area contributed by atoms with Crippen molar-refractivity contribution in [1.82, 2.24) is 4.90 Å². The molecule has 0 heterocycles. The number of hydrogen-bond acceptors (Lipinski definition) is 2. The molecule has 1 N–H and O–H groups in total. The minimum Gasteiger partial charge on any atom is -0.396 e. The molecule has 2 nitrogen and oxygen atoms in total. The Labute approximate surface area is 140 Å². The van der Waals surface area contributed by atoms with Gasteiger partial charge in [0.25, 0.3) is 0 Å². The van der Waals surface area contributed by atoms with Gasteiger partial charge < -0.3 is 10.0 Å². The molecule has 134 valence electrons. The maximum absolute atomic E-state index is 8.70. The van der Waals surface area contributed by atoms with Crippen LogP contribution in [0.25, 0.3) is 0 Å². The fourth-order valence-corrected chi connectivity index (χ4v) is 3.01. The van der Waals surface area contributed by atoms with Gasteiger partial charge in [0.15, 0.2) is 0 Å². The summed E-state index contributed by atoms with van der Waals surface area (Å²) in [5.74, 6) is 0. The van der Waals surface area contributed by atoms with Gasteiger partial charge in [-0.15, -0.1) is 0 Å². The van der Waals surface area contributed by atoms with Crippen molar-refractivity contribution in [1.29, 1.82) is 0 Å². The van der Waals surface area contributed by atoms with E-state index in [-0.39, 0.29) is 0 Å². The Hall–Kier alpha value is -0.0800. The molecule has 0 aromatic heterocycles. The lowest BCUT2D eigenvalue weighted by molar-refractivity contribution is 0.282. The second-order valence-electron chi connectivity index (χ2n) is 7.18. The second kappa shape index (κ2) is 19.0. The lowest BCUT2D eigenvalue weighted by atomic mass is 10.0. The number of nitrogens with zero attached hydrogens (tertiary/aromatic N) is 1. The summed E-state index contributed by atoms with van der Waals surface area (Å²) in [5, 5.41) is 8.70. The number of unbranched alkanes of at least 4 members (excludes halogenated alkanes) is 15. The van der Waals surface area contributed by atoms with Gasteiger partial charge in [0.1, 0.15) is 0 Å². The first kappa shape index (κ1) is 21.9. The van der Waals surface area contributed by atoms with Gasteiger partial charge in [-0.2, -0.15) is 0 Å². The Bertz CT molecular complexity index is 194. The minimum atomic E-state index is 0.371. The summed E-state index contributed by atoms with van der Waals surface area (Å²) < 4.78 is 0. The molecule has 22 heavy (non-hydrogen) atoms. The number of aliphatic hydroxyl groups is 1. The molecular weight excluding hydrogens is 270 g/mol. The highest BCUT2D eigenvalue weighted by atomic mass is 16.2. The SMILES string of the molecule is CN(C)CCCCCCCCCCCCCCCCCCO. The van der Waals surface area contributed by atoms with Gasteiger partial charge in [-0.05, 0) is 33.5 Å². The van der Waals surface area contributed by atoms with Crippen LogP contribution in [0.2, 0.25) is 0 Å². The zero-order chi connectivity index (χ0) is 16.3. The first-order chi connectivity index (χ1) is 10.8. The van der Waals surface area contributed by atoms with E-state index in [2.05, 4.69) is 19.0 Å². The normalized spacial score (nSPS) is 11.5. The Morgan fingerprint density at radius 3 is 1.00 bits per heavy atom. The van der Waals surface area contributed by atoms with Crippen molar-refractivity contribution >= 4 is 0 Å². The highest BCUT2D eigenvalue weighted by Gasteiger charge is 1.95. The van der Waals surface area contributed by atoms with Gasteiger partial charge in [0.2, 0.25) is 0 Å². The van der Waals surface area contributed by atoms with E-state index in [0.717, 1.165) is 6.42 Å². The molecule has 0 fully saturated rings. The number of hydrogen-bond donors (Lipinski definition) is 1. The molecule has 0 amide bonds. The largest absolute Gasteiger partial charge is 0.396 e. The standard InChI is InChI=1S/C20H43NO/c1-21(2)19-17-15-13-11-9-7-5-3-4-6-8-10-12-14-16-18-20-22/h22H,3-20H2,1-2H3. The summed E-state index contributed by atoms with van der Waals surface area (Å²) in [4.78, 5) is 2.29. The maximum Gasteiger partial charge on any atom is 0.0431 e. The van der Waals surface area contributed by atoms with Crippen LogP contribution in [0.1, 0.15) is 103 Å². The molecule has 0 rings (SSSR count). The van der Waals surface area contributed by atoms with Crippen LogP contribution in [-0.2, 0) is 0 Å². The van der Waals surface area contributed by atoms with Crippen LogP contribution in [0.4, 0.5) is 0 Å². The molecular formula is C20H43NO. The molecule has 2 heteroatoms. The predicted octanol–water partition coefficient (Wildman–Crippen LogP) is 5.78. The van der Waals surface area contributed by atoms with E-state index in [1.165, 1.54) is 103 Å². The molecule has 0 bridgehead atoms. The smallest absolute Gasteiger partial charge is 0.0431 e. The summed E-state index contributed by atoms with van der Waals surface area (Å²) in [5.41, 5.74) is 0. The average molecular weight is 314 g/mol. The van der Waals surface area contributed by atoms with Crippen LogP contribution in [0.5, 0.6) is 0 Å². The van der Waals surface area contributed by atoms with E-state index in [4.69, 9.17) is 5.11 Å². The molecule has 0 aromatic rings. The molecule has 0 aliphatic rings. The Kier molecular flexibility index (Phi) is 18.9. The molecule has 0 atom stereocenters. The first-order valence-electron chi connectivity index (χ1n) is 10.0. The summed E-state index contributed by atoms with van der Waals surface area (Å²) in [6.07, 6.45) is 22.1. The van der Waals surface area contributed by atoms with E-state index in [1.807, 2.05) is 0 Å². The van der Waals surface area contributed by atoms with Crippen molar-refractivity contribution in [3.8, 4) is 0 Å². The van der Waals surface area contributed by atoms with Crippen LogP contribution >= 0.6 is 0 Å². The summed E-state index contributed by atoms with van der Waals surface area (Å²) in [7, 11) is 4.33. The third kappa shape index (κ3) is 19.9. The fraction of sp³-hybridized carbons (Fsp3) is 1.00. The second-order valence-corrected chi connectivity index (χ2v) is 7.18. The van der Waals surface area contributed by atoms with E-state index in [1.54, 1.807) is 0 Å². The van der Waals surface area contributed by atoms with Crippen LogP contribution in [0, 0.1) is 0 Å². The molecule has 0 aliphatic heterocycles. The molecule has 0 saturated carbocycles. The highest BCUT2D eigenvalue weighted by Crippen LogP contribution is 2.13. The number of aliphatic hydroxyl groups excluding tert-OH is 1. The molecule has 0 radical (unpaired) electrons. The Morgan fingerprint density at radius 1 is 0.455 bits per heavy atom. The van der Waals surface area contributed by atoms with Gasteiger partial charge in [0.05, 0.1) is 0 Å². The van der Waals surface area contributed by atoms with E-state index >= 15 is 0 Å². The van der Waals surface area contributed by atoms with E-state index in [9.17, 15) is 0 Å². The molecule has 0 unspecified atom stereocenters.